The summed E-state index contributed by atoms with van der Waals surface area (Å²) in [5, 5.41) is 0. The van der Waals surface area contributed by atoms with Gasteiger partial charge in [-0.05, 0) is 57.5 Å². The highest BCUT2D eigenvalue weighted by atomic mass is 15.1. The summed E-state index contributed by atoms with van der Waals surface area (Å²) in [5.74, 6) is 3.07. The normalized spacial score (nSPS) is 22.2. The first-order valence-electron chi connectivity index (χ1n) is 10.8. The van der Waals surface area contributed by atoms with Crippen LogP contribution in [0.3, 0.4) is 0 Å². The smallest absolute Gasteiger partial charge is 0.000356 e. The molecule has 1 fully saturated rings. The Morgan fingerprint density at radius 2 is 1.26 bits per heavy atom. The van der Waals surface area contributed by atoms with Gasteiger partial charge in [0.2, 0.25) is 0 Å². The summed E-state index contributed by atoms with van der Waals surface area (Å²) in [4.78, 5) is 2.39. The first-order valence-corrected chi connectivity index (χ1v) is 10.8. The lowest BCUT2D eigenvalue weighted by Crippen LogP contribution is -2.28. The molecule has 138 valence electrons. The molecule has 0 atom stereocenters. The minimum Gasteiger partial charge on any atom is -0.309 e. The third kappa shape index (κ3) is 9.75. The molecule has 0 aromatic heterocycles. The highest BCUT2D eigenvalue weighted by molar-refractivity contribution is 4.79. The minimum absolute atomic E-state index is 0.974. The lowest BCUT2D eigenvalue weighted by atomic mass is 9.72. The van der Waals surface area contributed by atoms with E-state index in [1.165, 1.54) is 96.4 Å². The third-order valence-corrected chi connectivity index (χ3v) is 6.04. The molecule has 0 radical (unpaired) electrons. The number of hydrogen-bond acceptors (Lipinski definition) is 1. The molecular formula is C22H45N. The van der Waals surface area contributed by atoms with Gasteiger partial charge in [-0.2, -0.15) is 0 Å². The standard InChI is InChI=1S/C22H45N/c1-5-7-9-11-13-21(14-12-10-8-6-2)22-17-15-20(16-18-22)19-23(3)4/h20-22H,5-19H2,1-4H3. The van der Waals surface area contributed by atoms with Crippen molar-refractivity contribution in [1.82, 2.24) is 4.90 Å². The fraction of sp³-hybridized carbons (Fsp3) is 1.00. The highest BCUT2D eigenvalue weighted by Gasteiger charge is 2.27. The zero-order valence-corrected chi connectivity index (χ0v) is 16.8. The quantitative estimate of drug-likeness (QED) is 0.333. The lowest BCUT2D eigenvalue weighted by Gasteiger charge is -2.35. The molecule has 0 unspecified atom stereocenters. The van der Waals surface area contributed by atoms with Gasteiger partial charge in [-0.3, -0.25) is 0 Å². The van der Waals surface area contributed by atoms with Gasteiger partial charge in [0.25, 0.3) is 0 Å². The Kier molecular flexibility index (Phi) is 12.1. The van der Waals surface area contributed by atoms with Crippen molar-refractivity contribution in [3.05, 3.63) is 0 Å². The van der Waals surface area contributed by atoms with Crippen molar-refractivity contribution in [2.45, 2.75) is 104 Å². The van der Waals surface area contributed by atoms with Gasteiger partial charge in [-0.15, -0.1) is 0 Å². The predicted octanol–water partition coefficient (Wildman–Crippen LogP) is 6.91. The SMILES string of the molecule is CCCCCCC(CCCCCC)C1CCC(CN(C)C)CC1. The van der Waals surface area contributed by atoms with E-state index in [-0.39, 0.29) is 0 Å². The minimum atomic E-state index is 0.974. The summed E-state index contributed by atoms with van der Waals surface area (Å²) in [7, 11) is 4.46. The van der Waals surface area contributed by atoms with E-state index in [1.54, 1.807) is 0 Å². The molecule has 0 aromatic carbocycles. The Morgan fingerprint density at radius 3 is 1.70 bits per heavy atom. The molecule has 0 N–H and O–H groups in total. The molecule has 0 aliphatic heterocycles. The van der Waals surface area contributed by atoms with Crippen LogP contribution in [0.5, 0.6) is 0 Å². The zero-order chi connectivity index (χ0) is 16.9. The van der Waals surface area contributed by atoms with Crippen molar-refractivity contribution in [3.63, 3.8) is 0 Å². The van der Waals surface area contributed by atoms with Gasteiger partial charge in [0.05, 0.1) is 0 Å². The van der Waals surface area contributed by atoms with E-state index in [1.807, 2.05) is 0 Å². The van der Waals surface area contributed by atoms with E-state index in [9.17, 15) is 0 Å². The van der Waals surface area contributed by atoms with E-state index in [0.29, 0.717) is 0 Å². The molecule has 1 aliphatic carbocycles. The monoisotopic (exact) mass is 323 g/mol. The highest BCUT2D eigenvalue weighted by Crippen LogP contribution is 2.38. The fourth-order valence-corrected chi connectivity index (χ4v) is 4.64. The van der Waals surface area contributed by atoms with Crippen LogP contribution >= 0.6 is 0 Å². The molecule has 1 nitrogen and oxygen atoms in total. The summed E-state index contributed by atoms with van der Waals surface area (Å²) in [6.07, 6.45) is 20.6. The van der Waals surface area contributed by atoms with Crippen LogP contribution in [0.2, 0.25) is 0 Å². The van der Waals surface area contributed by atoms with E-state index in [2.05, 4.69) is 32.8 Å². The second-order valence-corrected chi connectivity index (χ2v) is 8.50. The molecule has 0 spiro atoms. The molecule has 0 bridgehead atoms. The lowest BCUT2D eigenvalue weighted by molar-refractivity contribution is 0.162. The van der Waals surface area contributed by atoms with Crippen LogP contribution in [0.15, 0.2) is 0 Å². The van der Waals surface area contributed by atoms with E-state index >= 15 is 0 Å². The summed E-state index contributed by atoms with van der Waals surface area (Å²) in [5.41, 5.74) is 0. The van der Waals surface area contributed by atoms with Crippen LogP contribution < -0.4 is 0 Å². The van der Waals surface area contributed by atoms with Crippen molar-refractivity contribution in [3.8, 4) is 0 Å². The van der Waals surface area contributed by atoms with E-state index in [0.717, 1.165) is 17.8 Å². The van der Waals surface area contributed by atoms with Crippen LogP contribution in [0.25, 0.3) is 0 Å². The van der Waals surface area contributed by atoms with Crippen molar-refractivity contribution >= 4 is 0 Å². The molecular weight excluding hydrogens is 278 g/mol. The first kappa shape index (κ1) is 21.0. The summed E-state index contributed by atoms with van der Waals surface area (Å²) in [6, 6.07) is 0. The van der Waals surface area contributed by atoms with Gasteiger partial charge in [0, 0.05) is 6.54 Å². The second kappa shape index (κ2) is 13.3. The first-order chi connectivity index (χ1) is 11.2. The second-order valence-electron chi connectivity index (χ2n) is 8.50. The summed E-state index contributed by atoms with van der Waals surface area (Å²) < 4.78 is 0. The van der Waals surface area contributed by atoms with Crippen molar-refractivity contribution in [1.29, 1.82) is 0 Å². The van der Waals surface area contributed by atoms with E-state index in [4.69, 9.17) is 0 Å². The van der Waals surface area contributed by atoms with Crippen LogP contribution in [0.4, 0.5) is 0 Å². The largest absolute Gasteiger partial charge is 0.309 e. The zero-order valence-electron chi connectivity index (χ0n) is 16.8. The van der Waals surface area contributed by atoms with Crippen molar-refractivity contribution in [2.75, 3.05) is 20.6 Å². The van der Waals surface area contributed by atoms with Crippen LogP contribution in [-0.2, 0) is 0 Å². The molecule has 1 rings (SSSR count). The number of hydrogen-bond donors (Lipinski definition) is 0. The Hall–Kier alpha value is -0.0400. The predicted molar refractivity (Wildman–Crippen MR) is 105 cm³/mol. The van der Waals surface area contributed by atoms with Gasteiger partial charge in [0.1, 0.15) is 0 Å². The number of nitrogens with zero attached hydrogens (tertiary/aromatic N) is 1. The fourth-order valence-electron chi connectivity index (χ4n) is 4.64. The average molecular weight is 324 g/mol. The number of rotatable bonds is 13. The molecule has 1 aliphatic rings. The molecule has 0 saturated heterocycles. The van der Waals surface area contributed by atoms with Gasteiger partial charge < -0.3 is 4.90 Å². The maximum atomic E-state index is 2.39. The molecule has 23 heavy (non-hydrogen) atoms. The van der Waals surface area contributed by atoms with Crippen molar-refractivity contribution < 1.29 is 0 Å². The van der Waals surface area contributed by atoms with Crippen LogP contribution in [-0.4, -0.2) is 25.5 Å². The van der Waals surface area contributed by atoms with Gasteiger partial charge >= 0.3 is 0 Å². The number of unbranched alkanes of at least 4 members (excludes halogenated alkanes) is 6. The summed E-state index contributed by atoms with van der Waals surface area (Å²) in [6.45, 7) is 5.97. The Balaban J connectivity index is 2.34. The molecule has 0 heterocycles. The van der Waals surface area contributed by atoms with Crippen molar-refractivity contribution in [2.24, 2.45) is 17.8 Å². The molecule has 1 saturated carbocycles. The molecule has 0 aromatic rings. The maximum Gasteiger partial charge on any atom is 0.000356 e. The van der Waals surface area contributed by atoms with Gasteiger partial charge in [0.15, 0.2) is 0 Å². The van der Waals surface area contributed by atoms with Gasteiger partial charge in [-0.1, -0.05) is 78.1 Å². The topological polar surface area (TPSA) is 3.24 Å². The third-order valence-electron chi connectivity index (χ3n) is 6.04. The Labute approximate surface area is 147 Å². The maximum absolute atomic E-state index is 2.39. The molecule has 1 heteroatoms. The Bertz CT molecular complexity index is 241. The molecule has 0 amide bonds. The Morgan fingerprint density at radius 1 is 0.739 bits per heavy atom. The average Bonchev–Trinajstić information content (AvgIpc) is 2.54. The van der Waals surface area contributed by atoms with Gasteiger partial charge in [-0.25, -0.2) is 0 Å². The van der Waals surface area contributed by atoms with E-state index < -0.39 is 0 Å². The summed E-state index contributed by atoms with van der Waals surface area (Å²) >= 11 is 0. The van der Waals surface area contributed by atoms with Crippen LogP contribution in [0.1, 0.15) is 104 Å². The van der Waals surface area contributed by atoms with Crippen LogP contribution in [0, 0.1) is 17.8 Å².